The Kier molecular flexibility index (Phi) is 35.3. The molecule has 2 aliphatic rings. The van der Waals surface area contributed by atoms with Gasteiger partial charge in [0.05, 0.1) is 19.8 Å². The second-order valence-electron chi connectivity index (χ2n) is 18.3. The largest absolute Gasteiger partial charge is 0.462 e. The van der Waals surface area contributed by atoms with Gasteiger partial charge < -0.3 is 64.2 Å². The second kappa shape index (κ2) is 38.8. The average molecular weight is 945 g/mol. The summed E-state index contributed by atoms with van der Waals surface area (Å²) < 4.78 is 33.5. The van der Waals surface area contributed by atoms with Crippen molar-refractivity contribution in [2.45, 2.75) is 261 Å². The number of hydrogen-bond donors (Lipinski definition) is 7. The van der Waals surface area contributed by atoms with Gasteiger partial charge in [-0.2, -0.15) is 0 Å². The summed E-state index contributed by atoms with van der Waals surface area (Å²) in [6.07, 6.45) is 22.2. The van der Waals surface area contributed by atoms with Crippen LogP contribution in [0.15, 0.2) is 24.3 Å². The van der Waals surface area contributed by atoms with Crippen molar-refractivity contribution in [2.75, 3.05) is 26.4 Å². The van der Waals surface area contributed by atoms with Crippen LogP contribution in [0.5, 0.6) is 0 Å². The molecule has 0 aromatic carbocycles. The Labute approximate surface area is 396 Å². The van der Waals surface area contributed by atoms with Crippen LogP contribution in [0.4, 0.5) is 0 Å². The van der Waals surface area contributed by atoms with E-state index in [1.54, 1.807) is 0 Å². The van der Waals surface area contributed by atoms with E-state index in [4.69, 9.17) is 28.4 Å². The van der Waals surface area contributed by atoms with Crippen LogP contribution in [0.3, 0.4) is 0 Å². The van der Waals surface area contributed by atoms with Gasteiger partial charge in [0.2, 0.25) is 0 Å². The Balaban J connectivity index is 1.83. The number of ether oxygens (including phenoxy) is 6. The second-order valence-corrected chi connectivity index (χ2v) is 18.3. The van der Waals surface area contributed by atoms with E-state index in [9.17, 15) is 45.3 Å². The van der Waals surface area contributed by atoms with Gasteiger partial charge in [-0.15, -0.1) is 0 Å². The number of unbranched alkanes of at least 4 members (excludes halogenated alkanes) is 22. The fourth-order valence-corrected chi connectivity index (χ4v) is 8.11. The first-order valence-electron chi connectivity index (χ1n) is 25.9. The fraction of sp³-hybridized carbons (Fsp3) is 0.882. The minimum atomic E-state index is -1.77. The highest BCUT2D eigenvalue weighted by Crippen LogP contribution is 2.26. The zero-order valence-electron chi connectivity index (χ0n) is 40.7. The lowest BCUT2D eigenvalue weighted by molar-refractivity contribution is -0.332. The number of rotatable bonds is 40. The predicted octanol–water partition coefficient (Wildman–Crippen LogP) is 7.16. The molecule has 0 amide bonds. The molecule has 0 aliphatic carbocycles. The van der Waals surface area contributed by atoms with Crippen LogP contribution in [-0.2, 0) is 38.0 Å². The number of carbonyl (C=O) groups excluding carboxylic acids is 2. The molecule has 386 valence electrons. The van der Waals surface area contributed by atoms with Gasteiger partial charge in [0.15, 0.2) is 18.7 Å². The molecule has 15 heteroatoms. The standard InChI is InChI=1S/C51H92O15/c1-3-5-7-9-11-13-15-17-19-21-23-25-27-29-31-33-42(53)61-36-39(64-43(54)34-32-30-28-26-24-22-20-18-16-14-12-10-8-6-4-2)37-62-50-49(60)47(58)45(56)41(66-50)38-63-51-48(59)46(57)44(55)40(35-52)65-51/h21,23,28,30,39-41,44-52,55-60H,3-20,22,24-27,29,31-38H2,1-2H3/b23-21+,30-28+/t39-,40-,41-,44+,45+,46?,47?,48?,49?,50-,51-/m1/s1. The van der Waals surface area contributed by atoms with Crippen LogP contribution in [0, 0.1) is 0 Å². The van der Waals surface area contributed by atoms with Crippen molar-refractivity contribution in [2.24, 2.45) is 0 Å². The predicted molar refractivity (Wildman–Crippen MR) is 252 cm³/mol. The van der Waals surface area contributed by atoms with E-state index in [0.29, 0.717) is 12.8 Å². The molecule has 0 aromatic heterocycles. The highest BCUT2D eigenvalue weighted by Gasteiger charge is 2.47. The van der Waals surface area contributed by atoms with Gasteiger partial charge in [-0.05, 0) is 51.4 Å². The zero-order chi connectivity index (χ0) is 48.2. The summed E-state index contributed by atoms with van der Waals surface area (Å²) in [6.45, 7) is 2.54. The normalized spacial score (nSPS) is 26.3. The summed E-state index contributed by atoms with van der Waals surface area (Å²) in [5, 5.41) is 72.0. The van der Waals surface area contributed by atoms with Crippen LogP contribution in [0.2, 0.25) is 0 Å². The average Bonchev–Trinajstić information content (AvgIpc) is 3.31. The fourth-order valence-electron chi connectivity index (χ4n) is 8.11. The molecule has 0 bridgehead atoms. The van der Waals surface area contributed by atoms with E-state index in [1.165, 1.54) is 116 Å². The Morgan fingerprint density at radius 1 is 0.470 bits per heavy atom. The summed E-state index contributed by atoms with van der Waals surface area (Å²) in [6, 6.07) is 0. The van der Waals surface area contributed by atoms with E-state index in [1.807, 2.05) is 6.08 Å². The smallest absolute Gasteiger partial charge is 0.306 e. The van der Waals surface area contributed by atoms with E-state index >= 15 is 0 Å². The van der Waals surface area contributed by atoms with Gasteiger partial charge in [-0.3, -0.25) is 9.59 Å². The third kappa shape index (κ3) is 26.7. The van der Waals surface area contributed by atoms with Crippen LogP contribution < -0.4 is 0 Å². The maximum atomic E-state index is 13.0. The van der Waals surface area contributed by atoms with Crippen LogP contribution >= 0.6 is 0 Å². The van der Waals surface area contributed by atoms with Crippen molar-refractivity contribution in [3.05, 3.63) is 24.3 Å². The van der Waals surface area contributed by atoms with Crippen molar-refractivity contribution in [1.29, 1.82) is 0 Å². The maximum Gasteiger partial charge on any atom is 0.306 e. The molecular weight excluding hydrogens is 853 g/mol. The summed E-state index contributed by atoms with van der Waals surface area (Å²) in [7, 11) is 0. The molecule has 0 saturated carbocycles. The quantitative estimate of drug-likeness (QED) is 0.0184. The molecule has 2 aliphatic heterocycles. The monoisotopic (exact) mass is 945 g/mol. The van der Waals surface area contributed by atoms with Crippen molar-refractivity contribution in [3.63, 3.8) is 0 Å². The lowest BCUT2D eigenvalue weighted by Gasteiger charge is -2.42. The van der Waals surface area contributed by atoms with Crippen LogP contribution in [0.25, 0.3) is 0 Å². The van der Waals surface area contributed by atoms with Gasteiger partial charge in [0, 0.05) is 12.8 Å². The van der Waals surface area contributed by atoms with Crippen LogP contribution in [-0.4, -0.2) is 142 Å². The Morgan fingerprint density at radius 3 is 1.39 bits per heavy atom. The number of hydrogen-bond acceptors (Lipinski definition) is 15. The van der Waals surface area contributed by atoms with Gasteiger partial charge in [0.1, 0.15) is 55.4 Å². The van der Waals surface area contributed by atoms with Crippen molar-refractivity contribution in [1.82, 2.24) is 0 Å². The molecule has 66 heavy (non-hydrogen) atoms. The van der Waals surface area contributed by atoms with E-state index in [0.717, 1.165) is 38.5 Å². The molecular formula is C51H92O15. The Morgan fingerprint density at radius 2 is 0.894 bits per heavy atom. The molecule has 7 N–H and O–H groups in total. The summed E-state index contributed by atoms with van der Waals surface area (Å²) in [5.41, 5.74) is 0. The lowest BCUT2D eigenvalue weighted by Crippen LogP contribution is -2.61. The summed E-state index contributed by atoms with van der Waals surface area (Å²) in [5.74, 6) is -0.995. The van der Waals surface area contributed by atoms with E-state index in [2.05, 4.69) is 32.1 Å². The summed E-state index contributed by atoms with van der Waals surface area (Å²) in [4.78, 5) is 25.7. The number of allylic oxidation sites excluding steroid dienone is 4. The molecule has 2 saturated heterocycles. The maximum absolute atomic E-state index is 13.0. The van der Waals surface area contributed by atoms with Gasteiger partial charge in [-0.1, -0.05) is 154 Å². The van der Waals surface area contributed by atoms with E-state index < -0.39 is 99.3 Å². The summed E-state index contributed by atoms with van der Waals surface area (Å²) >= 11 is 0. The van der Waals surface area contributed by atoms with Gasteiger partial charge in [-0.25, -0.2) is 0 Å². The van der Waals surface area contributed by atoms with Crippen molar-refractivity contribution < 1.29 is 73.8 Å². The molecule has 2 fully saturated rings. The number of esters is 2. The molecule has 15 nitrogen and oxygen atoms in total. The van der Waals surface area contributed by atoms with Gasteiger partial charge in [0.25, 0.3) is 0 Å². The first-order valence-corrected chi connectivity index (χ1v) is 25.9. The molecule has 0 radical (unpaired) electrons. The molecule has 2 rings (SSSR count). The first-order chi connectivity index (χ1) is 32.0. The van der Waals surface area contributed by atoms with E-state index in [-0.39, 0.29) is 19.4 Å². The molecule has 0 aromatic rings. The molecule has 4 unspecified atom stereocenters. The number of aliphatic hydroxyl groups excluding tert-OH is 7. The highest BCUT2D eigenvalue weighted by molar-refractivity contribution is 5.70. The number of carbonyl (C=O) groups is 2. The molecule has 11 atom stereocenters. The minimum absolute atomic E-state index is 0.0810. The zero-order valence-corrected chi connectivity index (χ0v) is 40.7. The minimum Gasteiger partial charge on any atom is -0.462 e. The van der Waals surface area contributed by atoms with Crippen molar-refractivity contribution >= 4 is 11.9 Å². The third-order valence-electron chi connectivity index (χ3n) is 12.4. The lowest BCUT2D eigenvalue weighted by atomic mass is 9.98. The van der Waals surface area contributed by atoms with Crippen LogP contribution in [0.1, 0.15) is 194 Å². The topological polar surface area (TPSA) is 231 Å². The highest BCUT2D eigenvalue weighted by atomic mass is 16.7. The third-order valence-corrected chi connectivity index (χ3v) is 12.4. The van der Waals surface area contributed by atoms with Gasteiger partial charge >= 0.3 is 11.9 Å². The van der Waals surface area contributed by atoms with Crippen molar-refractivity contribution in [3.8, 4) is 0 Å². The Bertz CT molecular complexity index is 1250. The SMILES string of the molecule is CCCCCCCCCC/C=C/CCCCCC(=O)OC[C@H](CO[C@@H]1O[C@H](CO[C@@H]2O[C@H](CO)[C@H](O)C(O)C2O)[C@H](O)C(O)C1O)OC(=O)CC/C=C/CCCCCCCCCCCCC. The molecule has 0 spiro atoms. The molecule has 2 heterocycles. The Hall–Kier alpha value is -2.02. The first kappa shape index (κ1) is 60.1. The number of aliphatic hydroxyl groups is 7.